The fourth-order valence-corrected chi connectivity index (χ4v) is 3.38. The van der Waals surface area contributed by atoms with Gasteiger partial charge in [-0.15, -0.1) is 0 Å². The molecule has 1 aliphatic carbocycles. The monoisotopic (exact) mass is 400 g/mol. The average Bonchev–Trinajstić information content (AvgIpc) is 2.74. The fourth-order valence-electron chi connectivity index (χ4n) is 3.25. The van der Waals surface area contributed by atoms with E-state index in [1.807, 2.05) is 42.5 Å². The van der Waals surface area contributed by atoms with Crippen LogP contribution in [0.4, 0.5) is 0 Å². The number of methoxy groups -OCH3 is 1. The Labute approximate surface area is 170 Å². The first kappa shape index (κ1) is 20.2. The van der Waals surface area contributed by atoms with Crippen molar-refractivity contribution in [1.29, 1.82) is 0 Å². The smallest absolute Gasteiger partial charge is 0.243 e. The van der Waals surface area contributed by atoms with Crippen LogP contribution < -0.4 is 14.9 Å². The zero-order valence-corrected chi connectivity index (χ0v) is 16.7. The molecule has 2 aromatic carbocycles. The van der Waals surface area contributed by atoms with E-state index in [0.717, 1.165) is 36.8 Å². The third kappa shape index (κ3) is 5.73. The molecule has 0 bridgehead atoms. The molecule has 1 N–H and O–H groups in total. The number of carbonyl (C=O) groups is 1. The Hall–Kier alpha value is -2.53. The molecular formula is C22H25ClN2O3. The molecule has 6 heteroatoms. The predicted molar refractivity (Wildman–Crippen MR) is 111 cm³/mol. The second-order valence-corrected chi connectivity index (χ2v) is 7.33. The van der Waals surface area contributed by atoms with E-state index in [0.29, 0.717) is 23.1 Å². The summed E-state index contributed by atoms with van der Waals surface area (Å²) in [6.07, 6.45) is 6.99. The largest absolute Gasteiger partial charge is 0.493 e. The number of halogens is 1. The first-order valence-corrected chi connectivity index (χ1v) is 9.91. The summed E-state index contributed by atoms with van der Waals surface area (Å²) in [6.45, 7) is 0.415. The number of rotatable bonds is 7. The minimum absolute atomic E-state index is 0.00540. The standard InChI is InChI=1S/C22H25ClN2O3/c1-27-21-13-17(14-24-25-22(26)18-5-3-2-4-6-18)9-12-20(21)28-15-16-7-10-19(23)11-8-16/h7-14,18H,2-6,15H2,1H3,(H,25,26)/b24-14-. The van der Waals surface area contributed by atoms with Crippen molar-refractivity contribution in [2.45, 2.75) is 38.7 Å². The van der Waals surface area contributed by atoms with Crippen LogP contribution in [-0.4, -0.2) is 19.2 Å². The summed E-state index contributed by atoms with van der Waals surface area (Å²) in [5.74, 6) is 1.34. The highest BCUT2D eigenvalue weighted by Gasteiger charge is 2.20. The van der Waals surface area contributed by atoms with Crippen LogP contribution in [0.3, 0.4) is 0 Å². The molecule has 0 heterocycles. The van der Waals surface area contributed by atoms with Gasteiger partial charge in [0.25, 0.3) is 0 Å². The van der Waals surface area contributed by atoms with Crippen LogP contribution in [0.2, 0.25) is 5.02 Å². The van der Waals surface area contributed by atoms with E-state index in [2.05, 4.69) is 10.5 Å². The molecule has 1 aliphatic rings. The molecule has 1 saturated carbocycles. The lowest BCUT2D eigenvalue weighted by atomic mass is 9.89. The van der Waals surface area contributed by atoms with Gasteiger partial charge < -0.3 is 9.47 Å². The molecule has 28 heavy (non-hydrogen) atoms. The number of hydrazone groups is 1. The van der Waals surface area contributed by atoms with Gasteiger partial charge in [-0.1, -0.05) is 43.0 Å². The lowest BCUT2D eigenvalue weighted by molar-refractivity contribution is -0.125. The first-order chi connectivity index (χ1) is 13.7. The van der Waals surface area contributed by atoms with Gasteiger partial charge in [-0.25, -0.2) is 5.43 Å². The minimum Gasteiger partial charge on any atom is -0.493 e. The van der Waals surface area contributed by atoms with Gasteiger partial charge in [0, 0.05) is 10.9 Å². The van der Waals surface area contributed by atoms with Crippen molar-refractivity contribution in [1.82, 2.24) is 5.43 Å². The van der Waals surface area contributed by atoms with Crippen LogP contribution in [-0.2, 0) is 11.4 Å². The maximum atomic E-state index is 12.1. The van der Waals surface area contributed by atoms with Crippen molar-refractivity contribution >= 4 is 23.7 Å². The molecular weight excluding hydrogens is 376 g/mol. The SMILES string of the molecule is COc1cc(/C=N\NC(=O)C2CCCCC2)ccc1OCc1ccc(Cl)cc1. The number of hydrogen-bond acceptors (Lipinski definition) is 4. The van der Waals surface area contributed by atoms with Gasteiger partial charge in [-0.3, -0.25) is 4.79 Å². The van der Waals surface area contributed by atoms with Crippen molar-refractivity contribution in [2.24, 2.45) is 11.0 Å². The number of ether oxygens (including phenoxy) is 2. The molecule has 148 valence electrons. The Morgan fingerprint density at radius 2 is 1.89 bits per heavy atom. The molecule has 0 unspecified atom stereocenters. The third-order valence-electron chi connectivity index (χ3n) is 4.86. The molecule has 1 amide bonds. The maximum Gasteiger partial charge on any atom is 0.243 e. The van der Waals surface area contributed by atoms with Crippen LogP contribution in [0.15, 0.2) is 47.6 Å². The molecule has 0 radical (unpaired) electrons. The highest BCUT2D eigenvalue weighted by Crippen LogP contribution is 2.28. The number of hydrogen-bond donors (Lipinski definition) is 1. The second kappa shape index (κ2) is 10.1. The molecule has 3 rings (SSSR count). The Morgan fingerprint density at radius 3 is 2.61 bits per heavy atom. The average molecular weight is 401 g/mol. The van der Waals surface area contributed by atoms with Gasteiger partial charge in [0.2, 0.25) is 5.91 Å². The first-order valence-electron chi connectivity index (χ1n) is 9.54. The van der Waals surface area contributed by atoms with Gasteiger partial charge in [-0.05, 0) is 54.3 Å². The van der Waals surface area contributed by atoms with Gasteiger partial charge in [0.05, 0.1) is 13.3 Å². The summed E-state index contributed by atoms with van der Waals surface area (Å²) in [7, 11) is 1.59. The maximum absolute atomic E-state index is 12.1. The van der Waals surface area contributed by atoms with Crippen LogP contribution in [0.25, 0.3) is 0 Å². The topological polar surface area (TPSA) is 59.9 Å². The Kier molecular flexibility index (Phi) is 7.31. The van der Waals surface area contributed by atoms with Crippen molar-refractivity contribution < 1.29 is 14.3 Å². The summed E-state index contributed by atoms with van der Waals surface area (Å²) in [5, 5.41) is 4.79. The van der Waals surface area contributed by atoms with Gasteiger partial charge in [-0.2, -0.15) is 5.10 Å². The van der Waals surface area contributed by atoms with Crippen LogP contribution in [0, 0.1) is 5.92 Å². The Morgan fingerprint density at radius 1 is 1.14 bits per heavy atom. The third-order valence-corrected chi connectivity index (χ3v) is 5.11. The van der Waals surface area contributed by atoms with Crippen molar-refractivity contribution in [2.75, 3.05) is 7.11 Å². The molecule has 0 saturated heterocycles. The number of nitrogens with one attached hydrogen (secondary N) is 1. The molecule has 0 atom stereocenters. The van der Waals surface area contributed by atoms with Crippen molar-refractivity contribution in [3.63, 3.8) is 0 Å². The van der Waals surface area contributed by atoms with E-state index < -0.39 is 0 Å². The fraction of sp³-hybridized carbons (Fsp3) is 0.364. The van der Waals surface area contributed by atoms with Crippen molar-refractivity contribution in [3.8, 4) is 11.5 Å². The summed E-state index contributed by atoms with van der Waals surface area (Å²) in [4.78, 5) is 12.1. The Balaban J connectivity index is 1.57. The lowest BCUT2D eigenvalue weighted by Gasteiger charge is -2.19. The van der Waals surface area contributed by atoms with E-state index >= 15 is 0 Å². The van der Waals surface area contributed by atoms with E-state index in [9.17, 15) is 4.79 Å². The summed E-state index contributed by atoms with van der Waals surface area (Å²) in [6, 6.07) is 13.0. The van der Waals surface area contributed by atoms with Crippen molar-refractivity contribution in [3.05, 3.63) is 58.6 Å². The molecule has 0 aliphatic heterocycles. The molecule has 1 fully saturated rings. The summed E-state index contributed by atoms with van der Waals surface area (Å²) < 4.78 is 11.3. The van der Waals surface area contributed by atoms with Crippen LogP contribution >= 0.6 is 11.6 Å². The predicted octanol–water partition coefficient (Wildman–Crippen LogP) is 4.96. The van der Waals surface area contributed by atoms with E-state index in [4.69, 9.17) is 21.1 Å². The number of nitrogens with zero attached hydrogens (tertiary/aromatic N) is 1. The summed E-state index contributed by atoms with van der Waals surface area (Å²) in [5.41, 5.74) is 4.49. The molecule has 0 spiro atoms. The molecule has 0 aromatic heterocycles. The van der Waals surface area contributed by atoms with Gasteiger partial charge >= 0.3 is 0 Å². The highest BCUT2D eigenvalue weighted by atomic mass is 35.5. The molecule has 2 aromatic rings. The minimum atomic E-state index is 0.00540. The zero-order valence-electron chi connectivity index (χ0n) is 16.0. The normalized spacial score (nSPS) is 14.8. The second-order valence-electron chi connectivity index (χ2n) is 6.89. The van der Waals surface area contributed by atoms with E-state index in [1.54, 1.807) is 13.3 Å². The summed E-state index contributed by atoms with van der Waals surface area (Å²) >= 11 is 5.90. The van der Waals surface area contributed by atoms with Gasteiger partial charge in [0.15, 0.2) is 11.5 Å². The lowest BCUT2D eigenvalue weighted by Crippen LogP contribution is -2.28. The van der Waals surface area contributed by atoms with Crippen LogP contribution in [0.5, 0.6) is 11.5 Å². The number of carbonyl (C=O) groups excluding carboxylic acids is 1. The van der Waals surface area contributed by atoms with Gasteiger partial charge in [0.1, 0.15) is 6.61 Å². The zero-order chi connectivity index (χ0) is 19.8. The molecule has 5 nitrogen and oxygen atoms in total. The number of amides is 1. The number of benzene rings is 2. The van der Waals surface area contributed by atoms with E-state index in [1.165, 1.54) is 6.42 Å². The highest BCUT2D eigenvalue weighted by molar-refractivity contribution is 6.30. The quantitative estimate of drug-likeness (QED) is 0.528. The Bertz CT molecular complexity index is 815. The van der Waals surface area contributed by atoms with E-state index in [-0.39, 0.29) is 11.8 Å². The van der Waals surface area contributed by atoms with Crippen LogP contribution in [0.1, 0.15) is 43.2 Å².